The first-order valence-corrected chi connectivity index (χ1v) is 12.7. The average molecular weight is 439 g/mol. The van der Waals surface area contributed by atoms with E-state index in [9.17, 15) is 0 Å². The number of hydrogen-bond acceptors (Lipinski definition) is 1. The van der Waals surface area contributed by atoms with Gasteiger partial charge in [0.05, 0.1) is 0 Å². The molecule has 0 heterocycles. The molecule has 0 aromatic heterocycles. The van der Waals surface area contributed by atoms with Crippen LogP contribution in [0.3, 0.4) is 0 Å². The molecule has 0 rings (SSSR count). The Hall–Kier alpha value is 2.37. The van der Waals surface area contributed by atoms with Gasteiger partial charge in [0.15, 0.2) is 0 Å². The van der Waals surface area contributed by atoms with E-state index < -0.39 is 0.725 Å². The molecule has 0 spiro atoms. The van der Waals surface area contributed by atoms with Gasteiger partial charge in [-0.15, -0.1) is 0 Å². The van der Waals surface area contributed by atoms with Gasteiger partial charge in [0.25, 0.3) is 0 Å². The third-order valence-electron chi connectivity index (χ3n) is 0.283. The van der Waals surface area contributed by atoms with Crippen molar-refractivity contribution in [1.82, 2.24) is 4.98 Å². The summed E-state index contributed by atoms with van der Waals surface area (Å²) in [6.07, 6.45) is 0. The first-order chi connectivity index (χ1) is 2.56. The van der Waals surface area contributed by atoms with Crippen LogP contribution in [0.15, 0.2) is 0 Å². The van der Waals surface area contributed by atoms with Crippen LogP contribution in [0.2, 0.25) is 0 Å². The van der Waals surface area contributed by atoms with Crippen LogP contribution in [0.25, 0.3) is 0 Å². The van der Waals surface area contributed by atoms with Gasteiger partial charge >= 0.3 is 0.725 Å². The smallest absolute Gasteiger partial charge is 0.317 e. The molecule has 38 valence electrons. The molecule has 0 aliphatic rings. The van der Waals surface area contributed by atoms with Gasteiger partial charge in [-0.2, -0.15) is 0 Å². The largest absolute Gasteiger partial charge is 0.326 e. The van der Waals surface area contributed by atoms with Gasteiger partial charge < -0.3 is 4.98 Å². The summed E-state index contributed by atoms with van der Waals surface area (Å²) in [5, 5.41) is 0. The van der Waals surface area contributed by atoms with E-state index in [1.54, 1.807) is 0 Å². The van der Waals surface area contributed by atoms with Crippen molar-refractivity contribution >= 4 is 66.1 Å². The molecule has 6 heavy (non-hydrogen) atoms. The zero-order valence-electron chi connectivity index (χ0n) is 3.13. The van der Waals surface area contributed by atoms with Gasteiger partial charge in [-0.25, -0.2) is 0 Å². The number of nitrogens with one attached hydrogen (secondary N) is 1. The van der Waals surface area contributed by atoms with E-state index in [1.165, 1.54) is 0 Å². The molecule has 0 unspecified atom stereocenters. The van der Waals surface area contributed by atoms with Crippen molar-refractivity contribution < 1.29 is 0 Å². The Kier molecular flexibility index (Phi) is 4.75. The van der Waals surface area contributed by atoms with Gasteiger partial charge in [-0.1, -0.05) is 65.4 Å². The maximum Gasteiger partial charge on any atom is 0.326 e. The minimum Gasteiger partial charge on any atom is -0.317 e. The predicted octanol–water partition coefficient (Wildman–Crippen LogP) is 1.95. The van der Waals surface area contributed by atoms with Crippen molar-refractivity contribution in [2.45, 2.75) is 0 Å². The number of hydrogen-bond donors (Lipinski definition) is 1. The Morgan fingerprint density at radius 1 is 1.33 bits per heavy atom. The second kappa shape index (κ2) is 3.40. The molecular weight excluding hydrogens is 435 g/mol. The van der Waals surface area contributed by atoms with Crippen LogP contribution >= 0.6 is 65.4 Å². The Bertz CT molecular complexity index is 40.5. The maximum absolute atomic E-state index is 3.20. The molecular formula is CH4I3NSi. The van der Waals surface area contributed by atoms with Crippen molar-refractivity contribution in [3.05, 3.63) is 0 Å². The SMILES string of the molecule is CN[Si](I)(I)I. The van der Waals surface area contributed by atoms with Crippen molar-refractivity contribution in [1.29, 1.82) is 0 Å². The normalized spacial score (nSPS) is 12.0. The molecule has 0 aromatic carbocycles. The molecule has 0 aromatic rings. The van der Waals surface area contributed by atoms with Crippen molar-refractivity contribution in [3.63, 3.8) is 0 Å². The van der Waals surface area contributed by atoms with Crippen LogP contribution in [0, 0.1) is 0 Å². The molecule has 0 atom stereocenters. The van der Waals surface area contributed by atoms with Crippen molar-refractivity contribution in [3.8, 4) is 0 Å². The lowest BCUT2D eigenvalue weighted by atomic mass is 11.6. The lowest BCUT2D eigenvalue weighted by molar-refractivity contribution is 1.27. The van der Waals surface area contributed by atoms with Gasteiger partial charge in [-0.3, -0.25) is 0 Å². The van der Waals surface area contributed by atoms with Crippen LogP contribution in [0.1, 0.15) is 0 Å². The summed E-state index contributed by atoms with van der Waals surface area (Å²) >= 11 is 7.33. The first-order valence-electron chi connectivity index (χ1n) is 1.32. The van der Waals surface area contributed by atoms with Gasteiger partial charge in [0.1, 0.15) is 0 Å². The highest BCUT2D eigenvalue weighted by molar-refractivity contribution is 14.4. The molecule has 1 nitrogen and oxygen atoms in total. The van der Waals surface area contributed by atoms with Crippen molar-refractivity contribution in [2.24, 2.45) is 0 Å². The second-order valence-electron chi connectivity index (χ2n) is 0.748. The van der Waals surface area contributed by atoms with Crippen LogP contribution in [-0.2, 0) is 0 Å². The monoisotopic (exact) mass is 439 g/mol. The first kappa shape index (κ1) is 8.37. The Morgan fingerprint density at radius 3 is 1.50 bits per heavy atom. The van der Waals surface area contributed by atoms with E-state index in [-0.39, 0.29) is 0 Å². The second-order valence-corrected chi connectivity index (χ2v) is 35.4. The van der Waals surface area contributed by atoms with E-state index in [2.05, 4.69) is 70.4 Å². The van der Waals surface area contributed by atoms with E-state index in [4.69, 9.17) is 0 Å². The highest BCUT2D eigenvalue weighted by Gasteiger charge is 2.16. The lowest BCUT2D eigenvalue weighted by Crippen LogP contribution is -2.26. The third-order valence-corrected chi connectivity index (χ3v) is 5.70. The standard InChI is InChI=1S/CH4I3NSi/c1-5-6(2,3)4/h5H,1H3. The molecule has 0 radical (unpaired) electrons. The molecule has 0 saturated heterocycles. The number of rotatable bonds is 1. The van der Waals surface area contributed by atoms with E-state index in [0.29, 0.717) is 0 Å². The fraction of sp³-hybridized carbons (Fsp3) is 1.00. The fourth-order valence-corrected chi connectivity index (χ4v) is 0. The van der Waals surface area contributed by atoms with E-state index in [1.807, 2.05) is 7.05 Å². The molecule has 0 fully saturated rings. The average Bonchev–Trinajstić information content (AvgIpc) is 1.35. The highest BCUT2D eigenvalue weighted by Crippen LogP contribution is 2.24. The van der Waals surface area contributed by atoms with E-state index >= 15 is 0 Å². The maximum atomic E-state index is 3.20. The Balaban J connectivity index is 3.17. The summed E-state index contributed by atoms with van der Waals surface area (Å²) in [6, 6.07) is 0. The Morgan fingerprint density at radius 2 is 1.50 bits per heavy atom. The number of halogens is 3. The highest BCUT2D eigenvalue weighted by atomic mass is 127. The minimum absolute atomic E-state index is 0.971. The van der Waals surface area contributed by atoms with Crippen molar-refractivity contribution in [2.75, 3.05) is 7.05 Å². The molecule has 0 amide bonds. The summed E-state index contributed by atoms with van der Waals surface area (Å²) in [5.74, 6) is 0. The Labute approximate surface area is 76.8 Å². The minimum atomic E-state index is -0.971. The molecule has 0 aliphatic heterocycles. The lowest BCUT2D eigenvalue weighted by Gasteiger charge is -2.03. The van der Waals surface area contributed by atoms with Crippen LogP contribution < -0.4 is 4.98 Å². The quantitative estimate of drug-likeness (QED) is 0.375. The molecule has 1 N–H and O–H groups in total. The summed E-state index contributed by atoms with van der Waals surface area (Å²) in [5.41, 5.74) is 0. The molecule has 0 aliphatic carbocycles. The van der Waals surface area contributed by atoms with Gasteiger partial charge in [-0.05, 0) is 7.05 Å². The zero-order valence-corrected chi connectivity index (χ0v) is 10.6. The molecule has 5 heteroatoms. The zero-order chi connectivity index (χ0) is 5.21. The molecule has 0 bridgehead atoms. The summed E-state index contributed by atoms with van der Waals surface area (Å²) < 4.78 is -0.971. The summed E-state index contributed by atoms with van der Waals surface area (Å²) in [6.45, 7) is 0. The van der Waals surface area contributed by atoms with Crippen LogP contribution in [0.4, 0.5) is 0 Å². The van der Waals surface area contributed by atoms with Gasteiger partial charge in [0.2, 0.25) is 0 Å². The fourth-order valence-electron chi connectivity index (χ4n) is 0. The summed E-state index contributed by atoms with van der Waals surface area (Å²) in [4.78, 5) is 3.20. The summed E-state index contributed by atoms with van der Waals surface area (Å²) in [7, 11) is 2.00. The van der Waals surface area contributed by atoms with Crippen LogP contribution in [-0.4, -0.2) is 7.77 Å². The van der Waals surface area contributed by atoms with Gasteiger partial charge in [0, 0.05) is 0 Å². The van der Waals surface area contributed by atoms with Crippen LogP contribution in [0.5, 0.6) is 0 Å². The molecule has 0 saturated carbocycles. The van der Waals surface area contributed by atoms with E-state index in [0.717, 1.165) is 0 Å². The predicted molar refractivity (Wildman–Crippen MR) is 56.9 cm³/mol. The third kappa shape index (κ3) is 6.37. The topological polar surface area (TPSA) is 12.0 Å².